The molecule has 17 heavy (non-hydrogen) atoms. The minimum absolute atomic E-state index is 0.0914. The van der Waals surface area contributed by atoms with E-state index in [0.717, 1.165) is 19.3 Å². The number of rotatable bonds is 8. The molecule has 5 heteroatoms. The van der Waals surface area contributed by atoms with Crippen molar-refractivity contribution < 1.29 is 14.7 Å². The quantitative estimate of drug-likeness (QED) is 0.672. The average Bonchev–Trinajstić information content (AvgIpc) is 2.30. The highest BCUT2D eigenvalue weighted by Crippen LogP contribution is 2.08. The van der Waals surface area contributed by atoms with Gasteiger partial charge in [0.15, 0.2) is 0 Å². The number of aliphatic carboxylic acids is 1. The molecule has 0 aromatic heterocycles. The topological polar surface area (TPSA) is 83.6 Å². The molecular formula is C12H24N2O3. The second-order valence-corrected chi connectivity index (χ2v) is 4.37. The number of carbonyl (C=O) groups excluding carboxylic acids is 1. The lowest BCUT2D eigenvalue weighted by molar-refractivity contribution is -0.146. The number of carbonyl (C=O) groups is 2. The SMILES string of the molecule is CCCC[C@H](N)C(=O)N(CC(=O)O)C(C)CC. The lowest BCUT2D eigenvalue weighted by Crippen LogP contribution is -2.49. The standard InChI is InChI=1S/C12H24N2O3/c1-4-6-7-10(13)12(17)14(8-11(15)16)9(3)5-2/h9-10H,4-8,13H2,1-3H3,(H,15,16)/t9?,10-/m0/s1. The monoisotopic (exact) mass is 244 g/mol. The van der Waals surface area contributed by atoms with Crippen molar-refractivity contribution >= 4 is 11.9 Å². The summed E-state index contributed by atoms with van der Waals surface area (Å²) in [5, 5.41) is 8.80. The van der Waals surface area contributed by atoms with Gasteiger partial charge in [-0.3, -0.25) is 9.59 Å². The number of nitrogens with two attached hydrogens (primary N) is 1. The van der Waals surface area contributed by atoms with Crippen LogP contribution >= 0.6 is 0 Å². The summed E-state index contributed by atoms with van der Waals surface area (Å²) < 4.78 is 0. The molecule has 0 fully saturated rings. The normalized spacial score (nSPS) is 14.1. The molecule has 0 saturated heterocycles. The van der Waals surface area contributed by atoms with Crippen molar-refractivity contribution in [1.82, 2.24) is 4.90 Å². The number of carboxylic acid groups (broad SMARTS) is 1. The van der Waals surface area contributed by atoms with Gasteiger partial charge in [-0.05, 0) is 19.8 Å². The first-order valence-electron chi connectivity index (χ1n) is 6.21. The molecule has 100 valence electrons. The number of unbranched alkanes of at least 4 members (excludes halogenated alkanes) is 1. The van der Waals surface area contributed by atoms with Crippen LogP contribution in [0.3, 0.4) is 0 Å². The lowest BCUT2D eigenvalue weighted by Gasteiger charge is -2.29. The molecule has 1 unspecified atom stereocenters. The van der Waals surface area contributed by atoms with Crippen molar-refractivity contribution in [3.63, 3.8) is 0 Å². The maximum atomic E-state index is 12.0. The Hall–Kier alpha value is -1.10. The Morgan fingerprint density at radius 1 is 1.35 bits per heavy atom. The van der Waals surface area contributed by atoms with E-state index in [2.05, 4.69) is 0 Å². The average molecular weight is 244 g/mol. The van der Waals surface area contributed by atoms with Gasteiger partial charge in [0, 0.05) is 6.04 Å². The molecule has 0 radical (unpaired) electrons. The minimum atomic E-state index is -0.999. The Morgan fingerprint density at radius 2 is 1.94 bits per heavy atom. The minimum Gasteiger partial charge on any atom is -0.480 e. The number of carboxylic acids is 1. The van der Waals surface area contributed by atoms with Crippen LogP contribution in [0, 0.1) is 0 Å². The fraction of sp³-hybridized carbons (Fsp3) is 0.833. The zero-order chi connectivity index (χ0) is 13.4. The number of hydrogen-bond acceptors (Lipinski definition) is 3. The van der Waals surface area contributed by atoms with Gasteiger partial charge in [0.25, 0.3) is 0 Å². The molecular weight excluding hydrogens is 220 g/mol. The van der Waals surface area contributed by atoms with Crippen LogP contribution in [0.5, 0.6) is 0 Å². The lowest BCUT2D eigenvalue weighted by atomic mass is 10.1. The Balaban J connectivity index is 4.56. The van der Waals surface area contributed by atoms with Gasteiger partial charge in [-0.25, -0.2) is 0 Å². The van der Waals surface area contributed by atoms with Crippen LogP contribution in [-0.2, 0) is 9.59 Å². The number of nitrogens with zero attached hydrogens (tertiary/aromatic N) is 1. The molecule has 5 nitrogen and oxygen atoms in total. The van der Waals surface area contributed by atoms with E-state index in [0.29, 0.717) is 6.42 Å². The molecule has 3 N–H and O–H groups in total. The van der Waals surface area contributed by atoms with Crippen molar-refractivity contribution in [2.24, 2.45) is 5.73 Å². The van der Waals surface area contributed by atoms with E-state index >= 15 is 0 Å². The highest BCUT2D eigenvalue weighted by Gasteiger charge is 2.25. The molecule has 0 saturated carbocycles. The molecule has 0 rings (SSSR count). The molecule has 0 aromatic rings. The molecule has 0 aromatic carbocycles. The molecule has 0 heterocycles. The molecule has 0 aliphatic heterocycles. The maximum Gasteiger partial charge on any atom is 0.323 e. The van der Waals surface area contributed by atoms with Crippen molar-refractivity contribution in [2.45, 2.75) is 58.5 Å². The van der Waals surface area contributed by atoms with Gasteiger partial charge in [-0.15, -0.1) is 0 Å². The van der Waals surface area contributed by atoms with Gasteiger partial charge in [-0.1, -0.05) is 26.7 Å². The zero-order valence-corrected chi connectivity index (χ0v) is 11.0. The Morgan fingerprint density at radius 3 is 2.35 bits per heavy atom. The predicted octanol–water partition coefficient (Wildman–Crippen LogP) is 1.22. The van der Waals surface area contributed by atoms with Crippen LogP contribution < -0.4 is 5.73 Å². The molecule has 0 spiro atoms. The van der Waals surface area contributed by atoms with Crippen molar-refractivity contribution in [3.05, 3.63) is 0 Å². The smallest absolute Gasteiger partial charge is 0.323 e. The third kappa shape index (κ3) is 5.68. The molecule has 1 amide bonds. The first-order valence-corrected chi connectivity index (χ1v) is 6.21. The van der Waals surface area contributed by atoms with E-state index in [4.69, 9.17) is 10.8 Å². The molecule has 0 bridgehead atoms. The third-order valence-corrected chi connectivity index (χ3v) is 2.90. The van der Waals surface area contributed by atoms with Crippen molar-refractivity contribution in [1.29, 1.82) is 0 Å². The number of amides is 1. The van der Waals surface area contributed by atoms with Gasteiger partial charge < -0.3 is 15.7 Å². The summed E-state index contributed by atoms with van der Waals surface area (Å²) in [5.41, 5.74) is 5.79. The fourth-order valence-corrected chi connectivity index (χ4v) is 1.58. The van der Waals surface area contributed by atoms with Gasteiger partial charge in [0.1, 0.15) is 6.54 Å². The Kier molecular flexibility index (Phi) is 7.54. The van der Waals surface area contributed by atoms with Gasteiger partial charge in [-0.2, -0.15) is 0 Å². The maximum absolute atomic E-state index is 12.0. The van der Waals surface area contributed by atoms with Crippen LogP contribution in [0.15, 0.2) is 0 Å². The summed E-state index contributed by atoms with van der Waals surface area (Å²) in [6.07, 6.45) is 3.19. The summed E-state index contributed by atoms with van der Waals surface area (Å²) in [6, 6.07) is -0.672. The first kappa shape index (κ1) is 15.9. The summed E-state index contributed by atoms with van der Waals surface area (Å²) in [6.45, 7) is 5.52. The van der Waals surface area contributed by atoms with Crippen molar-refractivity contribution in [2.75, 3.05) is 6.54 Å². The summed E-state index contributed by atoms with van der Waals surface area (Å²) in [7, 11) is 0. The Labute approximate surface area is 103 Å². The first-order chi connectivity index (χ1) is 7.93. The molecule has 0 aliphatic rings. The van der Waals surface area contributed by atoms with Crippen LogP contribution in [0.1, 0.15) is 46.5 Å². The second-order valence-electron chi connectivity index (χ2n) is 4.37. The molecule has 2 atom stereocenters. The highest BCUT2D eigenvalue weighted by atomic mass is 16.4. The van der Waals surface area contributed by atoms with Crippen LogP contribution in [0.4, 0.5) is 0 Å². The fourth-order valence-electron chi connectivity index (χ4n) is 1.58. The Bertz CT molecular complexity index is 256. The predicted molar refractivity (Wildman–Crippen MR) is 66.6 cm³/mol. The molecule has 0 aliphatic carbocycles. The van der Waals surface area contributed by atoms with E-state index in [1.807, 2.05) is 20.8 Å². The summed E-state index contributed by atoms with van der Waals surface area (Å²) in [5.74, 6) is -1.25. The van der Waals surface area contributed by atoms with Gasteiger partial charge in [0.05, 0.1) is 6.04 Å². The van der Waals surface area contributed by atoms with Gasteiger partial charge >= 0.3 is 5.97 Å². The third-order valence-electron chi connectivity index (χ3n) is 2.90. The summed E-state index contributed by atoms with van der Waals surface area (Å²) in [4.78, 5) is 24.1. The van der Waals surface area contributed by atoms with E-state index in [1.165, 1.54) is 4.90 Å². The van der Waals surface area contributed by atoms with Crippen molar-refractivity contribution in [3.8, 4) is 0 Å². The highest BCUT2D eigenvalue weighted by molar-refractivity contribution is 5.85. The van der Waals surface area contributed by atoms with Crippen LogP contribution in [-0.4, -0.2) is 40.5 Å². The van der Waals surface area contributed by atoms with Crippen LogP contribution in [0.25, 0.3) is 0 Å². The summed E-state index contributed by atoms with van der Waals surface area (Å²) >= 11 is 0. The van der Waals surface area contributed by atoms with Crippen LogP contribution in [0.2, 0.25) is 0 Å². The van der Waals surface area contributed by atoms with E-state index in [9.17, 15) is 9.59 Å². The second kappa shape index (κ2) is 8.06. The van der Waals surface area contributed by atoms with E-state index in [1.54, 1.807) is 0 Å². The van der Waals surface area contributed by atoms with Gasteiger partial charge in [0.2, 0.25) is 5.91 Å². The van der Waals surface area contributed by atoms with E-state index in [-0.39, 0.29) is 18.5 Å². The van der Waals surface area contributed by atoms with E-state index < -0.39 is 12.0 Å². The zero-order valence-electron chi connectivity index (χ0n) is 11.0. The largest absolute Gasteiger partial charge is 0.480 e. The number of hydrogen-bond donors (Lipinski definition) is 2.